The van der Waals surface area contributed by atoms with Gasteiger partial charge in [0.05, 0.1) is 11.9 Å². The van der Waals surface area contributed by atoms with Gasteiger partial charge in [-0.15, -0.1) is 0 Å². The Morgan fingerprint density at radius 3 is 2.64 bits per heavy atom. The zero-order valence-electron chi connectivity index (χ0n) is 6.32. The minimum atomic E-state index is -3.13. The van der Waals surface area contributed by atoms with Crippen molar-refractivity contribution < 1.29 is 12.6 Å². The molecule has 2 rings (SSSR count). The molecule has 3 nitrogen and oxygen atoms in total. The Kier molecular flexibility index (Phi) is 1.68. The largest absolute Gasteiger partial charge is 0.267 e. The highest BCUT2D eigenvalue weighted by molar-refractivity contribution is 7.86. The van der Waals surface area contributed by atoms with E-state index in [1.807, 2.05) is 0 Å². The van der Waals surface area contributed by atoms with Gasteiger partial charge in [0.1, 0.15) is 0 Å². The van der Waals surface area contributed by atoms with Gasteiger partial charge in [-0.05, 0) is 12.8 Å². The summed E-state index contributed by atoms with van der Waals surface area (Å²) in [7, 11) is -3.13. The van der Waals surface area contributed by atoms with Crippen LogP contribution in [0.25, 0.3) is 0 Å². The van der Waals surface area contributed by atoms with Gasteiger partial charge < -0.3 is 0 Å². The van der Waals surface area contributed by atoms with Crippen LogP contribution in [0.4, 0.5) is 0 Å². The van der Waals surface area contributed by atoms with Crippen LogP contribution in [-0.2, 0) is 14.3 Å². The number of rotatable bonds is 0. The van der Waals surface area contributed by atoms with Gasteiger partial charge in [0.2, 0.25) is 0 Å². The summed E-state index contributed by atoms with van der Waals surface area (Å²) < 4.78 is 26.9. The molecule has 1 saturated heterocycles. The van der Waals surface area contributed by atoms with Crippen molar-refractivity contribution in [2.45, 2.75) is 31.8 Å². The molecule has 1 heterocycles. The molecule has 2 fully saturated rings. The Morgan fingerprint density at radius 2 is 1.91 bits per heavy atom. The summed E-state index contributed by atoms with van der Waals surface area (Å²) in [6, 6.07) is 0. The van der Waals surface area contributed by atoms with Crippen molar-refractivity contribution in [3.05, 3.63) is 0 Å². The second kappa shape index (κ2) is 2.45. The summed E-state index contributed by atoms with van der Waals surface area (Å²) in [6.45, 7) is 0. The minimum Gasteiger partial charge on any atom is -0.266 e. The molecule has 2 atom stereocenters. The third-order valence-corrected chi connectivity index (χ3v) is 3.90. The van der Waals surface area contributed by atoms with E-state index in [0.717, 1.165) is 19.3 Å². The Bertz CT molecular complexity index is 224. The molecule has 0 unspecified atom stereocenters. The molecule has 1 aliphatic carbocycles. The summed E-state index contributed by atoms with van der Waals surface area (Å²) in [6.07, 6.45) is 4.28. The predicted octanol–water partition coefficient (Wildman–Crippen LogP) is 0.905. The summed E-state index contributed by atoms with van der Waals surface area (Å²) >= 11 is 0. The molecule has 2 aliphatic rings. The molecule has 1 saturated carbocycles. The van der Waals surface area contributed by atoms with E-state index in [2.05, 4.69) is 0 Å². The van der Waals surface area contributed by atoms with Crippen LogP contribution in [0.3, 0.4) is 0 Å². The quantitative estimate of drug-likeness (QED) is 0.515. The maximum Gasteiger partial charge on any atom is 0.267 e. The van der Waals surface area contributed by atoms with Gasteiger partial charge in [0, 0.05) is 5.92 Å². The van der Waals surface area contributed by atoms with Crippen molar-refractivity contribution in [2.75, 3.05) is 5.75 Å². The first kappa shape index (κ1) is 7.55. The van der Waals surface area contributed by atoms with Crippen LogP contribution in [0.2, 0.25) is 0 Å². The van der Waals surface area contributed by atoms with Gasteiger partial charge >= 0.3 is 0 Å². The average Bonchev–Trinajstić information content (AvgIpc) is 2.21. The first-order valence-electron chi connectivity index (χ1n) is 4.08. The van der Waals surface area contributed by atoms with E-state index in [0.29, 0.717) is 5.92 Å². The maximum atomic E-state index is 11.0. The topological polar surface area (TPSA) is 43.4 Å². The second-order valence-corrected chi connectivity index (χ2v) is 5.04. The molecular formula is C7H12O3S. The van der Waals surface area contributed by atoms with E-state index >= 15 is 0 Å². The Hall–Kier alpha value is -0.0900. The van der Waals surface area contributed by atoms with Gasteiger partial charge in [-0.25, -0.2) is 0 Å². The SMILES string of the molecule is O=S1(=O)C[C@H]2CCCC[C@@H]2O1. The Labute approximate surface area is 66.9 Å². The molecule has 0 aromatic heterocycles. The standard InChI is InChI=1S/C7H12O3S/c8-11(9)5-6-3-1-2-4-7(6)10-11/h6-7H,1-5H2/t6-,7+/m1/s1. The highest BCUT2D eigenvalue weighted by Gasteiger charge is 2.39. The fourth-order valence-electron chi connectivity index (χ4n) is 1.98. The molecule has 0 radical (unpaired) electrons. The van der Waals surface area contributed by atoms with Gasteiger partial charge in [0.15, 0.2) is 0 Å². The number of hydrogen-bond donors (Lipinski definition) is 0. The van der Waals surface area contributed by atoms with Crippen LogP contribution in [0.1, 0.15) is 25.7 Å². The zero-order chi connectivity index (χ0) is 7.90. The maximum absolute atomic E-state index is 11.0. The summed E-state index contributed by atoms with van der Waals surface area (Å²) in [5.74, 6) is 0.561. The van der Waals surface area contributed by atoms with E-state index in [1.54, 1.807) is 0 Å². The van der Waals surface area contributed by atoms with Crippen LogP contribution < -0.4 is 0 Å². The normalized spacial score (nSPS) is 41.8. The number of fused-ring (bicyclic) bond motifs is 1. The van der Waals surface area contributed by atoms with Gasteiger partial charge in [0.25, 0.3) is 10.1 Å². The van der Waals surface area contributed by atoms with E-state index in [9.17, 15) is 8.42 Å². The second-order valence-electron chi connectivity index (χ2n) is 3.40. The molecule has 64 valence electrons. The van der Waals surface area contributed by atoms with Crippen LogP contribution in [-0.4, -0.2) is 20.3 Å². The van der Waals surface area contributed by atoms with Crippen molar-refractivity contribution in [2.24, 2.45) is 5.92 Å². The van der Waals surface area contributed by atoms with E-state index in [-0.39, 0.29) is 11.9 Å². The molecule has 0 bridgehead atoms. The summed E-state index contributed by atoms with van der Waals surface area (Å²) in [5, 5.41) is 0. The van der Waals surface area contributed by atoms with E-state index in [4.69, 9.17) is 4.18 Å². The molecule has 0 spiro atoms. The fourth-order valence-corrected chi connectivity index (χ4v) is 3.60. The predicted molar refractivity (Wildman–Crippen MR) is 40.6 cm³/mol. The first-order chi connectivity index (χ1) is 5.17. The fraction of sp³-hybridized carbons (Fsp3) is 1.00. The highest BCUT2D eigenvalue weighted by atomic mass is 32.2. The van der Waals surface area contributed by atoms with Crippen LogP contribution >= 0.6 is 0 Å². The lowest BCUT2D eigenvalue weighted by molar-refractivity contribution is 0.144. The summed E-state index contributed by atoms with van der Waals surface area (Å²) in [4.78, 5) is 0. The van der Waals surface area contributed by atoms with Crippen molar-refractivity contribution in [3.8, 4) is 0 Å². The molecule has 4 heteroatoms. The highest BCUT2D eigenvalue weighted by Crippen LogP contribution is 2.34. The Balaban J connectivity index is 2.15. The van der Waals surface area contributed by atoms with Crippen molar-refractivity contribution in [3.63, 3.8) is 0 Å². The molecule has 11 heavy (non-hydrogen) atoms. The molecule has 0 amide bonds. The lowest BCUT2D eigenvalue weighted by atomic mass is 9.88. The molecule has 1 aliphatic heterocycles. The van der Waals surface area contributed by atoms with Crippen LogP contribution in [0, 0.1) is 5.92 Å². The van der Waals surface area contributed by atoms with Crippen LogP contribution in [0.5, 0.6) is 0 Å². The first-order valence-corrected chi connectivity index (χ1v) is 5.66. The zero-order valence-corrected chi connectivity index (χ0v) is 7.14. The molecular weight excluding hydrogens is 164 g/mol. The number of hydrogen-bond acceptors (Lipinski definition) is 3. The lowest BCUT2D eigenvalue weighted by Crippen LogP contribution is -2.21. The molecule has 0 aromatic carbocycles. The van der Waals surface area contributed by atoms with Crippen molar-refractivity contribution >= 4 is 10.1 Å². The van der Waals surface area contributed by atoms with Gasteiger partial charge in [-0.2, -0.15) is 8.42 Å². The molecule has 0 N–H and O–H groups in total. The van der Waals surface area contributed by atoms with Crippen LogP contribution in [0.15, 0.2) is 0 Å². The van der Waals surface area contributed by atoms with E-state index < -0.39 is 10.1 Å². The average molecular weight is 176 g/mol. The van der Waals surface area contributed by atoms with Gasteiger partial charge in [-0.1, -0.05) is 12.8 Å². The smallest absolute Gasteiger partial charge is 0.266 e. The van der Waals surface area contributed by atoms with Crippen molar-refractivity contribution in [1.82, 2.24) is 0 Å². The molecule has 0 aromatic rings. The third kappa shape index (κ3) is 1.42. The monoisotopic (exact) mass is 176 g/mol. The van der Waals surface area contributed by atoms with Gasteiger partial charge in [-0.3, -0.25) is 4.18 Å². The minimum absolute atomic E-state index is 0.0220. The van der Waals surface area contributed by atoms with Crippen molar-refractivity contribution in [1.29, 1.82) is 0 Å². The Morgan fingerprint density at radius 1 is 1.18 bits per heavy atom. The lowest BCUT2D eigenvalue weighted by Gasteiger charge is -2.20. The summed E-state index contributed by atoms with van der Waals surface area (Å²) in [5.41, 5.74) is 0. The third-order valence-electron chi connectivity index (χ3n) is 2.53. The van der Waals surface area contributed by atoms with E-state index in [1.165, 1.54) is 6.42 Å².